The number of carbonyl (C=O) groups is 1. The minimum absolute atomic E-state index is 0.143. The standard InChI is InChI=1S/C22H18BrN3O2S/c1-13-17-21(24-12-26(2)22(17)28)29-19(13)20(27)25-18(14-6-4-3-5-7-14)15-8-10-16(23)11-9-15/h3-12,18H,1-2H3,(H,25,27). The van der Waals surface area contributed by atoms with Crippen molar-refractivity contribution in [1.82, 2.24) is 14.9 Å². The molecule has 4 aromatic rings. The summed E-state index contributed by atoms with van der Waals surface area (Å²) in [6, 6.07) is 17.4. The van der Waals surface area contributed by atoms with E-state index in [1.165, 1.54) is 22.2 Å². The average Bonchev–Trinajstić information content (AvgIpc) is 3.07. The van der Waals surface area contributed by atoms with Crippen molar-refractivity contribution in [2.24, 2.45) is 7.05 Å². The third-order valence-electron chi connectivity index (χ3n) is 4.83. The van der Waals surface area contributed by atoms with Gasteiger partial charge < -0.3 is 9.88 Å². The molecule has 0 aliphatic carbocycles. The Morgan fingerprint density at radius 1 is 1.10 bits per heavy atom. The number of carbonyl (C=O) groups excluding carboxylic acids is 1. The quantitative estimate of drug-likeness (QED) is 0.477. The maximum atomic E-state index is 13.2. The number of thiophene rings is 1. The van der Waals surface area contributed by atoms with Crippen LogP contribution in [0.4, 0.5) is 0 Å². The molecule has 1 unspecified atom stereocenters. The lowest BCUT2D eigenvalue weighted by Gasteiger charge is -2.20. The number of nitrogens with zero attached hydrogens (tertiary/aromatic N) is 2. The molecule has 0 aliphatic rings. The van der Waals surface area contributed by atoms with Crippen LogP contribution in [-0.2, 0) is 7.05 Å². The van der Waals surface area contributed by atoms with E-state index in [4.69, 9.17) is 0 Å². The van der Waals surface area contributed by atoms with Gasteiger partial charge in [-0.25, -0.2) is 4.98 Å². The maximum absolute atomic E-state index is 13.2. The number of hydrogen-bond acceptors (Lipinski definition) is 4. The van der Waals surface area contributed by atoms with Crippen molar-refractivity contribution >= 4 is 43.4 Å². The summed E-state index contributed by atoms with van der Waals surface area (Å²) in [5.74, 6) is -0.218. The van der Waals surface area contributed by atoms with Crippen LogP contribution < -0.4 is 10.9 Å². The first-order valence-corrected chi connectivity index (χ1v) is 10.6. The van der Waals surface area contributed by atoms with Gasteiger partial charge in [-0.15, -0.1) is 11.3 Å². The highest BCUT2D eigenvalue weighted by Crippen LogP contribution is 2.29. The van der Waals surface area contributed by atoms with E-state index in [0.717, 1.165) is 15.6 Å². The maximum Gasteiger partial charge on any atom is 0.262 e. The Morgan fingerprint density at radius 2 is 1.76 bits per heavy atom. The molecular weight excluding hydrogens is 450 g/mol. The van der Waals surface area contributed by atoms with Gasteiger partial charge in [0.1, 0.15) is 4.83 Å². The van der Waals surface area contributed by atoms with Gasteiger partial charge >= 0.3 is 0 Å². The summed E-state index contributed by atoms with van der Waals surface area (Å²) in [4.78, 5) is 31.1. The van der Waals surface area contributed by atoms with Crippen LogP contribution in [0.1, 0.15) is 32.4 Å². The first-order valence-electron chi connectivity index (χ1n) is 9.01. The summed E-state index contributed by atoms with van der Waals surface area (Å²) in [5.41, 5.74) is 2.48. The van der Waals surface area contributed by atoms with Crippen molar-refractivity contribution in [3.05, 3.63) is 97.3 Å². The molecule has 1 N–H and O–H groups in total. The number of fused-ring (bicyclic) bond motifs is 1. The summed E-state index contributed by atoms with van der Waals surface area (Å²) in [5, 5.41) is 3.65. The van der Waals surface area contributed by atoms with Gasteiger partial charge in [0.05, 0.1) is 22.6 Å². The lowest BCUT2D eigenvalue weighted by atomic mass is 9.98. The van der Waals surface area contributed by atoms with E-state index in [9.17, 15) is 9.59 Å². The van der Waals surface area contributed by atoms with Crippen LogP contribution >= 0.6 is 27.3 Å². The molecule has 5 nitrogen and oxygen atoms in total. The zero-order valence-electron chi connectivity index (χ0n) is 15.8. The van der Waals surface area contributed by atoms with Crippen LogP contribution in [0, 0.1) is 6.92 Å². The molecule has 0 bridgehead atoms. The molecule has 1 amide bonds. The number of aromatic nitrogens is 2. The van der Waals surface area contributed by atoms with E-state index in [0.29, 0.717) is 20.7 Å². The second-order valence-corrected chi connectivity index (χ2v) is 8.68. The number of halogens is 1. The third-order valence-corrected chi connectivity index (χ3v) is 6.56. The molecule has 0 saturated carbocycles. The van der Waals surface area contributed by atoms with E-state index >= 15 is 0 Å². The Kier molecular flexibility index (Phi) is 5.34. The van der Waals surface area contributed by atoms with Crippen molar-refractivity contribution < 1.29 is 4.79 Å². The Labute approximate surface area is 180 Å². The minimum atomic E-state index is -0.308. The highest BCUT2D eigenvalue weighted by Gasteiger charge is 2.23. The molecule has 0 radical (unpaired) electrons. The summed E-state index contributed by atoms with van der Waals surface area (Å²) in [7, 11) is 1.66. The van der Waals surface area contributed by atoms with Crippen molar-refractivity contribution in [1.29, 1.82) is 0 Å². The number of amides is 1. The molecule has 2 aromatic heterocycles. The lowest BCUT2D eigenvalue weighted by molar-refractivity contribution is 0.0946. The lowest BCUT2D eigenvalue weighted by Crippen LogP contribution is -2.29. The monoisotopic (exact) mass is 467 g/mol. The Balaban J connectivity index is 1.75. The first kappa shape index (κ1) is 19.5. The minimum Gasteiger partial charge on any atom is -0.340 e. The van der Waals surface area contributed by atoms with Gasteiger partial charge in [-0.2, -0.15) is 0 Å². The second kappa shape index (κ2) is 7.93. The van der Waals surface area contributed by atoms with Gasteiger partial charge in [0.2, 0.25) is 0 Å². The number of benzene rings is 2. The zero-order valence-corrected chi connectivity index (χ0v) is 18.3. The number of aryl methyl sites for hydroxylation is 2. The Hall–Kier alpha value is -2.77. The van der Waals surface area contributed by atoms with E-state index in [-0.39, 0.29) is 17.5 Å². The highest BCUT2D eigenvalue weighted by molar-refractivity contribution is 9.10. The predicted molar refractivity (Wildman–Crippen MR) is 119 cm³/mol. The predicted octanol–water partition coefficient (Wildman–Crippen LogP) is 4.59. The van der Waals surface area contributed by atoms with Gasteiger partial charge in [-0.05, 0) is 35.7 Å². The molecule has 0 saturated heterocycles. The fourth-order valence-electron chi connectivity index (χ4n) is 3.28. The van der Waals surface area contributed by atoms with Crippen LogP contribution in [0.5, 0.6) is 0 Å². The summed E-state index contributed by atoms with van der Waals surface area (Å²) in [6.45, 7) is 1.80. The highest BCUT2D eigenvalue weighted by atomic mass is 79.9. The Morgan fingerprint density at radius 3 is 2.45 bits per heavy atom. The van der Waals surface area contributed by atoms with Crippen molar-refractivity contribution in [2.75, 3.05) is 0 Å². The molecule has 146 valence electrons. The van der Waals surface area contributed by atoms with Crippen LogP contribution in [-0.4, -0.2) is 15.5 Å². The summed E-state index contributed by atoms with van der Waals surface area (Å²) < 4.78 is 2.40. The zero-order chi connectivity index (χ0) is 20.5. The molecule has 29 heavy (non-hydrogen) atoms. The molecule has 0 aliphatic heterocycles. The SMILES string of the molecule is Cc1c(C(=O)NC(c2ccccc2)c2ccc(Br)cc2)sc2ncn(C)c(=O)c12. The van der Waals surface area contributed by atoms with Gasteiger partial charge in [0.15, 0.2) is 0 Å². The summed E-state index contributed by atoms with van der Waals surface area (Å²) in [6.07, 6.45) is 1.48. The molecule has 2 heterocycles. The average molecular weight is 468 g/mol. The molecule has 0 fully saturated rings. The number of hydrogen-bond donors (Lipinski definition) is 1. The summed E-state index contributed by atoms with van der Waals surface area (Å²) >= 11 is 4.70. The normalized spacial score (nSPS) is 12.1. The van der Waals surface area contributed by atoms with Gasteiger partial charge in [0.25, 0.3) is 11.5 Å². The van der Waals surface area contributed by atoms with Crippen LogP contribution in [0.3, 0.4) is 0 Å². The fraction of sp³-hybridized carbons (Fsp3) is 0.136. The van der Waals surface area contributed by atoms with Crippen molar-refractivity contribution in [3.8, 4) is 0 Å². The third kappa shape index (κ3) is 3.75. The van der Waals surface area contributed by atoms with E-state index in [1.807, 2.05) is 54.6 Å². The molecule has 4 rings (SSSR count). The molecular formula is C22H18BrN3O2S. The van der Waals surface area contributed by atoms with Gasteiger partial charge in [-0.1, -0.05) is 58.4 Å². The molecule has 7 heteroatoms. The number of nitrogens with one attached hydrogen (secondary N) is 1. The Bertz CT molecular complexity index is 1250. The molecule has 0 spiro atoms. The van der Waals surface area contributed by atoms with Crippen LogP contribution in [0.15, 0.2) is 70.2 Å². The van der Waals surface area contributed by atoms with Crippen molar-refractivity contribution in [2.45, 2.75) is 13.0 Å². The largest absolute Gasteiger partial charge is 0.340 e. The molecule has 1 atom stereocenters. The van der Waals surface area contributed by atoms with Crippen molar-refractivity contribution in [3.63, 3.8) is 0 Å². The van der Waals surface area contributed by atoms with Gasteiger partial charge in [-0.3, -0.25) is 9.59 Å². The van der Waals surface area contributed by atoms with Crippen LogP contribution in [0.2, 0.25) is 0 Å². The second-order valence-electron chi connectivity index (χ2n) is 6.77. The fourth-order valence-corrected chi connectivity index (χ4v) is 4.59. The smallest absolute Gasteiger partial charge is 0.262 e. The number of rotatable bonds is 4. The van der Waals surface area contributed by atoms with E-state index < -0.39 is 0 Å². The first-order chi connectivity index (χ1) is 14.0. The molecule has 2 aromatic carbocycles. The van der Waals surface area contributed by atoms with E-state index in [1.54, 1.807) is 14.0 Å². The van der Waals surface area contributed by atoms with E-state index in [2.05, 4.69) is 26.2 Å². The topological polar surface area (TPSA) is 64.0 Å². The van der Waals surface area contributed by atoms with Crippen LogP contribution in [0.25, 0.3) is 10.2 Å². The van der Waals surface area contributed by atoms with Gasteiger partial charge in [0, 0.05) is 11.5 Å².